The third kappa shape index (κ3) is 6.00. The molecule has 0 saturated carbocycles. The number of nitrogens with two attached hydrogens (primary N) is 1. The molecule has 1 aromatic carbocycles. The van der Waals surface area contributed by atoms with Gasteiger partial charge in [-0.3, -0.25) is 19.4 Å². The maximum absolute atomic E-state index is 13.6. The van der Waals surface area contributed by atoms with Gasteiger partial charge in [0.2, 0.25) is 11.9 Å². The van der Waals surface area contributed by atoms with E-state index in [-0.39, 0.29) is 12.2 Å². The van der Waals surface area contributed by atoms with Crippen molar-refractivity contribution < 1.29 is 32.3 Å². The molecule has 0 radical (unpaired) electrons. The normalized spacial score (nSPS) is 17.6. The van der Waals surface area contributed by atoms with Crippen molar-refractivity contribution in [2.24, 2.45) is 13.0 Å². The highest BCUT2D eigenvalue weighted by Gasteiger charge is 2.55. The summed E-state index contributed by atoms with van der Waals surface area (Å²) in [4.78, 5) is 50.6. The highest BCUT2D eigenvalue weighted by atomic mass is 19.4. The second-order valence-electron chi connectivity index (χ2n) is 9.32. The SMILES string of the molecule is CCC(NC(=O)N1C(=O)[C@H](Cc2ccnc(N)c2)[C@H]1C(=O)N(C)c1nccn1C)c1ccc(OC(F)(F)F)cc1. The molecule has 4 rings (SSSR count). The fourth-order valence-corrected chi connectivity index (χ4v) is 4.65. The number of anilines is 2. The molecule has 1 aliphatic heterocycles. The molecule has 3 aromatic rings. The minimum Gasteiger partial charge on any atom is -0.406 e. The van der Waals surface area contributed by atoms with Crippen molar-refractivity contribution in [2.45, 2.75) is 38.2 Å². The summed E-state index contributed by atoms with van der Waals surface area (Å²) in [6.07, 6.45) is 0.343. The molecular weight excluding hydrogens is 531 g/mol. The molecule has 14 heteroatoms. The predicted octanol–water partition coefficient (Wildman–Crippen LogP) is 3.19. The smallest absolute Gasteiger partial charge is 0.406 e. The van der Waals surface area contributed by atoms with Crippen molar-refractivity contribution in [1.29, 1.82) is 0 Å². The van der Waals surface area contributed by atoms with E-state index in [2.05, 4.69) is 20.0 Å². The number of likely N-dealkylation sites (N-methyl/N-ethyl adjacent to an activating group) is 1. The molecule has 1 aliphatic rings. The van der Waals surface area contributed by atoms with Gasteiger partial charge in [-0.15, -0.1) is 13.2 Å². The standard InChI is InChI=1S/C26H28F3N7O4/c1-4-19(16-5-7-17(8-6-16)40-26(27,28)29)33-25(39)36-21(23(38)35(3)24-32-11-12-34(24)2)18(22(36)37)13-15-9-10-31-20(30)14-15/h5-12,14,18-19,21H,4,13H2,1-3H3,(H2,30,31)(H,33,39)/t18-,19?,21+/m1/s1. The summed E-state index contributed by atoms with van der Waals surface area (Å²) in [5, 5.41) is 2.73. The number of halogens is 3. The van der Waals surface area contributed by atoms with Crippen molar-refractivity contribution in [3.63, 3.8) is 0 Å². The van der Waals surface area contributed by atoms with Gasteiger partial charge in [0.25, 0.3) is 5.91 Å². The lowest BCUT2D eigenvalue weighted by molar-refractivity contribution is -0.274. The summed E-state index contributed by atoms with van der Waals surface area (Å²) < 4.78 is 43.0. The molecule has 212 valence electrons. The van der Waals surface area contributed by atoms with E-state index in [1.54, 1.807) is 36.9 Å². The number of carbonyl (C=O) groups excluding carboxylic acids is 3. The molecule has 3 atom stereocenters. The Bertz CT molecular complexity index is 1390. The van der Waals surface area contributed by atoms with Crippen LogP contribution in [0.2, 0.25) is 0 Å². The highest BCUT2D eigenvalue weighted by molar-refractivity contribution is 6.12. The number of aryl methyl sites for hydroxylation is 1. The first-order valence-corrected chi connectivity index (χ1v) is 12.3. The molecule has 2 aromatic heterocycles. The van der Waals surface area contributed by atoms with E-state index in [9.17, 15) is 27.6 Å². The Labute approximate surface area is 227 Å². The van der Waals surface area contributed by atoms with E-state index < -0.39 is 48.0 Å². The van der Waals surface area contributed by atoms with E-state index in [4.69, 9.17) is 5.73 Å². The summed E-state index contributed by atoms with van der Waals surface area (Å²) in [6, 6.07) is 5.74. The van der Waals surface area contributed by atoms with Crippen LogP contribution in [0.4, 0.5) is 29.7 Å². The summed E-state index contributed by atoms with van der Waals surface area (Å²) >= 11 is 0. The van der Waals surface area contributed by atoms with Crippen LogP contribution in [0.3, 0.4) is 0 Å². The number of alkyl halides is 3. The number of carbonyl (C=O) groups is 3. The number of likely N-dealkylation sites (tertiary alicyclic amines) is 1. The molecule has 40 heavy (non-hydrogen) atoms. The van der Waals surface area contributed by atoms with Crippen molar-refractivity contribution >= 4 is 29.6 Å². The lowest BCUT2D eigenvalue weighted by Crippen LogP contribution is -2.70. The average molecular weight is 560 g/mol. The molecule has 0 aliphatic carbocycles. The zero-order valence-corrected chi connectivity index (χ0v) is 21.9. The quantitative estimate of drug-likeness (QED) is 0.405. The summed E-state index contributed by atoms with van der Waals surface area (Å²) in [6.45, 7) is 1.76. The topological polar surface area (TPSA) is 136 Å². The number of nitrogens with one attached hydrogen (secondary N) is 1. The minimum atomic E-state index is -4.83. The molecule has 1 unspecified atom stereocenters. The van der Waals surface area contributed by atoms with Gasteiger partial charge in [-0.05, 0) is 48.2 Å². The van der Waals surface area contributed by atoms with Crippen LogP contribution in [0.1, 0.15) is 30.5 Å². The number of amides is 4. The zero-order valence-electron chi connectivity index (χ0n) is 21.9. The third-order valence-electron chi connectivity index (χ3n) is 6.64. The Morgan fingerprint density at radius 1 is 1.18 bits per heavy atom. The Balaban J connectivity index is 1.56. The first-order chi connectivity index (χ1) is 18.9. The molecule has 1 fully saturated rings. The van der Waals surface area contributed by atoms with E-state index >= 15 is 0 Å². The van der Waals surface area contributed by atoms with Crippen LogP contribution in [0.5, 0.6) is 5.75 Å². The van der Waals surface area contributed by atoms with Crippen molar-refractivity contribution in [3.8, 4) is 5.75 Å². The Morgan fingerprint density at radius 2 is 1.88 bits per heavy atom. The average Bonchev–Trinajstić information content (AvgIpc) is 3.33. The maximum Gasteiger partial charge on any atom is 0.573 e. The Kier molecular flexibility index (Phi) is 7.98. The van der Waals surface area contributed by atoms with Gasteiger partial charge in [0.1, 0.15) is 17.6 Å². The fourth-order valence-electron chi connectivity index (χ4n) is 4.65. The highest BCUT2D eigenvalue weighted by Crippen LogP contribution is 2.33. The number of benzene rings is 1. The number of nitrogens with zero attached hydrogens (tertiary/aromatic N) is 5. The molecule has 11 nitrogen and oxygen atoms in total. The van der Waals surface area contributed by atoms with Crippen molar-refractivity contribution in [2.75, 3.05) is 17.7 Å². The number of hydrogen-bond acceptors (Lipinski definition) is 7. The number of imidazole rings is 1. The predicted molar refractivity (Wildman–Crippen MR) is 138 cm³/mol. The number of nitrogen functional groups attached to an aromatic ring is 1. The van der Waals surface area contributed by atoms with Gasteiger partial charge < -0.3 is 20.4 Å². The second kappa shape index (κ2) is 11.2. The van der Waals surface area contributed by atoms with Gasteiger partial charge in [0, 0.05) is 32.7 Å². The number of imide groups is 1. The van der Waals surface area contributed by atoms with E-state index in [1.807, 2.05) is 0 Å². The van der Waals surface area contributed by atoms with Gasteiger partial charge in [-0.2, -0.15) is 0 Å². The van der Waals surface area contributed by atoms with Crippen LogP contribution in [0.25, 0.3) is 0 Å². The van der Waals surface area contributed by atoms with Gasteiger partial charge in [-0.1, -0.05) is 19.1 Å². The summed E-state index contributed by atoms with van der Waals surface area (Å²) in [5.74, 6) is -1.74. The number of aromatic nitrogens is 3. The van der Waals surface area contributed by atoms with Crippen LogP contribution >= 0.6 is 0 Å². The molecule has 1 saturated heterocycles. The summed E-state index contributed by atoms with van der Waals surface area (Å²) in [5.41, 5.74) is 6.94. The van der Waals surface area contributed by atoms with E-state index in [0.29, 0.717) is 23.5 Å². The maximum atomic E-state index is 13.6. The fraction of sp³-hybridized carbons (Fsp3) is 0.346. The summed E-state index contributed by atoms with van der Waals surface area (Å²) in [7, 11) is 3.21. The lowest BCUT2D eigenvalue weighted by Gasteiger charge is -2.45. The van der Waals surface area contributed by atoms with Gasteiger partial charge in [0.05, 0.1) is 12.0 Å². The van der Waals surface area contributed by atoms with Gasteiger partial charge in [-0.25, -0.2) is 14.8 Å². The van der Waals surface area contributed by atoms with Crippen LogP contribution < -0.4 is 20.7 Å². The molecule has 0 bridgehead atoms. The molecule has 4 amide bonds. The molecule has 3 heterocycles. The van der Waals surface area contributed by atoms with Crippen LogP contribution in [0, 0.1) is 5.92 Å². The van der Waals surface area contributed by atoms with Gasteiger partial charge >= 0.3 is 12.4 Å². The lowest BCUT2D eigenvalue weighted by atomic mass is 9.81. The van der Waals surface area contributed by atoms with Crippen LogP contribution in [-0.4, -0.2) is 56.7 Å². The largest absolute Gasteiger partial charge is 0.573 e. The number of ether oxygens (including phenoxy) is 1. The second-order valence-corrected chi connectivity index (χ2v) is 9.32. The van der Waals surface area contributed by atoms with Gasteiger partial charge in [0.15, 0.2) is 0 Å². The number of pyridine rings is 1. The minimum absolute atomic E-state index is 0.151. The zero-order chi connectivity index (χ0) is 29.2. The molecular formula is C26H28F3N7O4. The number of rotatable bonds is 8. The van der Waals surface area contributed by atoms with E-state index in [1.165, 1.54) is 36.5 Å². The Morgan fingerprint density at radius 3 is 2.45 bits per heavy atom. The monoisotopic (exact) mass is 559 g/mol. The third-order valence-corrected chi connectivity index (χ3v) is 6.64. The first-order valence-electron chi connectivity index (χ1n) is 12.3. The van der Waals surface area contributed by atoms with E-state index in [0.717, 1.165) is 17.0 Å². The molecule has 3 N–H and O–H groups in total. The number of β-lactam (4-membered cyclic amide) rings is 1. The number of hydrogen-bond donors (Lipinski definition) is 2. The van der Waals surface area contributed by atoms with Crippen LogP contribution in [-0.2, 0) is 23.1 Å². The van der Waals surface area contributed by atoms with Crippen molar-refractivity contribution in [1.82, 2.24) is 24.8 Å². The number of urea groups is 1. The van der Waals surface area contributed by atoms with Crippen LogP contribution in [0.15, 0.2) is 55.0 Å². The Hall–Kier alpha value is -4.62. The first kappa shape index (κ1) is 28.4. The van der Waals surface area contributed by atoms with Crippen molar-refractivity contribution in [3.05, 3.63) is 66.1 Å². The molecule has 0 spiro atoms.